The average Bonchev–Trinajstić information content (AvgIpc) is 2.99. The van der Waals surface area contributed by atoms with E-state index in [2.05, 4.69) is 10.3 Å². The highest BCUT2D eigenvalue weighted by Crippen LogP contribution is 2.37. The molecule has 1 N–H and O–H groups in total. The Balaban J connectivity index is 1.45. The number of amides is 1. The van der Waals surface area contributed by atoms with Gasteiger partial charge in [-0.1, -0.05) is 29.5 Å². The molecule has 0 saturated heterocycles. The van der Waals surface area contributed by atoms with Crippen LogP contribution in [0.3, 0.4) is 0 Å². The fraction of sp³-hybridized carbons (Fsp3) is 0.222. The molecule has 6 nitrogen and oxygen atoms in total. The third-order valence-corrected chi connectivity index (χ3v) is 4.68. The maximum absolute atomic E-state index is 12.1. The highest BCUT2D eigenvalue weighted by molar-refractivity contribution is 7.22. The monoisotopic (exact) mass is 356 g/mol. The summed E-state index contributed by atoms with van der Waals surface area (Å²) in [4.78, 5) is 16.5. The summed E-state index contributed by atoms with van der Waals surface area (Å²) in [6, 6.07) is 11.3. The van der Waals surface area contributed by atoms with Crippen LogP contribution in [0.4, 0.5) is 5.13 Å². The van der Waals surface area contributed by atoms with Gasteiger partial charge >= 0.3 is 0 Å². The first-order valence-electron chi connectivity index (χ1n) is 7.87. The minimum Gasteiger partial charge on any atom is -0.486 e. The Morgan fingerprint density at radius 3 is 2.80 bits per heavy atom. The van der Waals surface area contributed by atoms with Crippen molar-refractivity contribution in [2.45, 2.75) is 6.92 Å². The van der Waals surface area contributed by atoms with E-state index in [0.29, 0.717) is 35.6 Å². The summed E-state index contributed by atoms with van der Waals surface area (Å²) in [7, 11) is 0. The Labute approximate surface area is 148 Å². The molecule has 0 saturated carbocycles. The van der Waals surface area contributed by atoms with Gasteiger partial charge in [-0.2, -0.15) is 0 Å². The predicted octanol–water partition coefficient (Wildman–Crippen LogP) is 3.39. The van der Waals surface area contributed by atoms with E-state index in [1.807, 2.05) is 43.3 Å². The summed E-state index contributed by atoms with van der Waals surface area (Å²) < 4.78 is 17.6. The number of nitrogens with zero attached hydrogens (tertiary/aromatic N) is 1. The second-order valence-corrected chi connectivity index (χ2v) is 6.62. The zero-order valence-electron chi connectivity index (χ0n) is 13.6. The summed E-state index contributed by atoms with van der Waals surface area (Å²) in [6.45, 7) is 2.94. The van der Waals surface area contributed by atoms with Crippen molar-refractivity contribution in [2.24, 2.45) is 0 Å². The molecule has 0 fully saturated rings. The van der Waals surface area contributed by atoms with Crippen LogP contribution in [0.2, 0.25) is 0 Å². The molecule has 25 heavy (non-hydrogen) atoms. The van der Waals surface area contributed by atoms with Gasteiger partial charge in [0.1, 0.15) is 19.0 Å². The summed E-state index contributed by atoms with van der Waals surface area (Å²) in [6.07, 6.45) is 0. The van der Waals surface area contributed by atoms with Gasteiger partial charge in [-0.25, -0.2) is 4.98 Å². The molecule has 1 aliphatic heterocycles. The first kappa shape index (κ1) is 15.7. The van der Waals surface area contributed by atoms with Crippen LogP contribution in [0.1, 0.15) is 5.56 Å². The molecule has 4 rings (SSSR count). The fourth-order valence-electron chi connectivity index (χ4n) is 2.54. The third-order valence-electron chi connectivity index (χ3n) is 3.75. The Kier molecular flexibility index (Phi) is 4.15. The number of hydrogen-bond acceptors (Lipinski definition) is 6. The molecule has 2 aromatic carbocycles. The normalized spacial score (nSPS) is 12.8. The number of rotatable bonds is 4. The molecular weight excluding hydrogens is 340 g/mol. The lowest BCUT2D eigenvalue weighted by molar-refractivity contribution is -0.118. The van der Waals surface area contributed by atoms with Gasteiger partial charge in [0.15, 0.2) is 23.2 Å². The lowest BCUT2D eigenvalue weighted by Crippen LogP contribution is -2.20. The van der Waals surface area contributed by atoms with E-state index in [-0.39, 0.29) is 12.5 Å². The first-order chi connectivity index (χ1) is 12.2. The van der Waals surface area contributed by atoms with Crippen LogP contribution in [-0.2, 0) is 4.79 Å². The van der Waals surface area contributed by atoms with Crippen LogP contribution in [0, 0.1) is 6.92 Å². The fourth-order valence-corrected chi connectivity index (χ4v) is 3.43. The van der Waals surface area contributed by atoms with E-state index in [1.54, 1.807) is 0 Å². The summed E-state index contributed by atoms with van der Waals surface area (Å²) in [5.41, 5.74) is 1.75. The molecule has 7 heteroatoms. The summed E-state index contributed by atoms with van der Waals surface area (Å²) >= 11 is 1.39. The Hall–Kier alpha value is -2.80. The highest BCUT2D eigenvalue weighted by Gasteiger charge is 2.16. The molecule has 2 heterocycles. The molecule has 1 aliphatic rings. The van der Waals surface area contributed by atoms with Crippen LogP contribution >= 0.6 is 11.3 Å². The number of carbonyl (C=O) groups is 1. The van der Waals surface area contributed by atoms with Crippen molar-refractivity contribution in [3.8, 4) is 17.2 Å². The third kappa shape index (κ3) is 3.36. The van der Waals surface area contributed by atoms with Crippen molar-refractivity contribution >= 4 is 32.6 Å². The zero-order chi connectivity index (χ0) is 17.2. The van der Waals surface area contributed by atoms with Gasteiger partial charge in [-0.15, -0.1) is 0 Å². The molecule has 0 radical (unpaired) electrons. The molecule has 1 amide bonds. The summed E-state index contributed by atoms with van der Waals surface area (Å²) in [5.74, 6) is 1.84. The molecule has 0 bridgehead atoms. The molecule has 0 spiro atoms. The lowest BCUT2D eigenvalue weighted by atomic mass is 10.2. The maximum atomic E-state index is 12.1. The van der Waals surface area contributed by atoms with E-state index >= 15 is 0 Å². The van der Waals surface area contributed by atoms with E-state index in [1.165, 1.54) is 11.3 Å². The van der Waals surface area contributed by atoms with Crippen LogP contribution in [-0.4, -0.2) is 30.7 Å². The number of fused-ring (bicyclic) bond motifs is 2. The average molecular weight is 356 g/mol. The number of nitrogens with one attached hydrogen (secondary N) is 1. The van der Waals surface area contributed by atoms with Crippen molar-refractivity contribution < 1.29 is 19.0 Å². The smallest absolute Gasteiger partial charge is 0.264 e. The lowest BCUT2D eigenvalue weighted by Gasteiger charge is -2.17. The number of carbonyl (C=O) groups excluding carboxylic acids is 1. The second kappa shape index (κ2) is 6.60. The van der Waals surface area contributed by atoms with E-state index in [9.17, 15) is 4.79 Å². The Bertz CT molecular complexity index is 895. The van der Waals surface area contributed by atoms with Crippen molar-refractivity contribution in [3.63, 3.8) is 0 Å². The second-order valence-electron chi connectivity index (χ2n) is 5.58. The van der Waals surface area contributed by atoms with Gasteiger partial charge in [-0.3, -0.25) is 10.1 Å². The molecule has 0 unspecified atom stereocenters. The number of hydrogen-bond donors (Lipinski definition) is 1. The van der Waals surface area contributed by atoms with Crippen LogP contribution in [0.25, 0.3) is 10.2 Å². The number of ether oxygens (including phenoxy) is 3. The van der Waals surface area contributed by atoms with Crippen LogP contribution in [0.5, 0.6) is 17.2 Å². The number of benzene rings is 2. The predicted molar refractivity (Wildman–Crippen MR) is 95.9 cm³/mol. The SMILES string of the molecule is Cc1ccccc1OCC(=O)Nc1nc2cc3c(cc2s1)OCCO3. The minimum absolute atomic E-state index is 0.0660. The van der Waals surface area contributed by atoms with Crippen LogP contribution < -0.4 is 19.5 Å². The van der Waals surface area contributed by atoms with Gasteiger partial charge in [0.25, 0.3) is 5.91 Å². The standard InChI is InChI=1S/C18H16N2O4S/c1-11-4-2-3-5-13(11)24-10-17(21)20-18-19-12-8-14-15(9-16(12)25-18)23-7-6-22-14/h2-5,8-9H,6-7,10H2,1H3,(H,19,20,21). The molecule has 3 aromatic rings. The number of thiazole rings is 1. The topological polar surface area (TPSA) is 69.7 Å². The number of aryl methyl sites for hydroxylation is 1. The van der Waals surface area contributed by atoms with E-state index in [4.69, 9.17) is 14.2 Å². The minimum atomic E-state index is -0.250. The first-order valence-corrected chi connectivity index (χ1v) is 8.69. The van der Waals surface area contributed by atoms with Crippen molar-refractivity contribution in [1.82, 2.24) is 4.98 Å². The number of aromatic nitrogens is 1. The van der Waals surface area contributed by atoms with Gasteiger partial charge in [0, 0.05) is 12.1 Å². The van der Waals surface area contributed by atoms with Crippen molar-refractivity contribution in [2.75, 3.05) is 25.1 Å². The van der Waals surface area contributed by atoms with E-state index in [0.717, 1.165) is 15.8 Å². The van der Waals surface area contributed by atoms with Crippen molar-refractivity contribution in [3.05, 3.63) is 42.0 Å². The largest absolute Gasteiger partial charge is 0.486 e. The molecular formula is C18H16N2O4S. The van der Waals surface area contributed by atoms with E-state index < -0.39 is 0 Å². The Morgan fingerprint density at radius 1 is 1.24 bits per heavy atom. The molecule has 1 aromatic heterocycles. The van der Waals surface area contributed by atoms with Crippen molar-refractivity contribution in [1.29, 1.82) is 0 Å². The molecule has 0 atom stereocenters. The zero-order valence-corrected chi connectivity index (χ0v) is 14.4. The molecule has 0 aliphatic carbocycles. The van der Waals surface area contributed by atoms with Gasteiger partial charge in [-0.05, 0) is 18.6 Å². The molecule has 128 valence electrons. The van der Waals surface area contributed by atoms with Gasteiger partial charge in [0.05, 0.1) is 10.2 Å². The quantitative estimate of drug-likeness (QED) is 0.776. The summed E-state index contributed by atoms with van der Waals surface area (Å²) in [5, 5.41) is 3.30. The van der Waals surface area contributed by atoms with Crippen LogP contribution in [0.15, 0.2) is 36.4 Å². The number of para-hydroxylation sites is 1. The van der Waals surface area contributed by atoms with Gasteiger partial charge < -0.3 is 14.2 Å². The highest BCUT2D eigenvalue weighted by atomic mass is 32.1. The number of anilines is 1. The van der Waals surface area contributed by atoms with Gasteiger partial charge in [0.2, 0.25) is 0 Å². The Morgan fingerprint density at radius 2 is 2.00 bits per heavy atom. The maximum Gasteiger partial charge on any atom is 0.264 e.